The molecule has 0 aliphatic rings. The van der Waals surface area contributed by atoms with E-state index < -0.39 is 26.5 Å². The average Bonchev–Trinajstić information content (AvgIpc) is 3.41. The lowest BCUT2D eigenvalue weighted by Gasteiger charge is -2.24. The summed E-state index contributed by atoms with van der Waals surface area (Å²) < 4.78 is 34.6. The number of phosphoric acid groups is 1. The van der Waals surface area contributed by atoms with Gasteiger partial charge in [0.1, 0.15) is 19.8 Å². The molecule has 0 rings (SSSR count). The Labute approximate surface area is 480 Å². The van der Waals surface area contributed by atoms with Crippen molar-refractivity contribution in [2.24, 2.45) is 0 Å². The Morgan fingerprint density at radius 2 is 0.692 bits per heavy atom. The van der Waals surface area contributed by atoms with Crippen molar-refractivity contribution in [2.45, 2.75) is 264 Å². The van der Waals surface area contributed by atoms with Gasteiger partial charge in [-0.3, -0.25) is 18.6 Å². The van der Waals surface area contributed by atoms with Gasteiger partial charge >= 0.3 is 19.8 Å². The number of rotatable bonds is 57. The fourth-order valence-corrected chi connectivity index (χ4v) is 9.25. The van der Waals surface area contributed by atoms with Gasteiger partial charge in [0.2, 0.25) is 0 Å². The van der Waals surface area contributed by atoms with E-state index in [1.165, 1.54) is 116 Å². The lowest BCUT2D eigenvalue weighted by atomic mass is 10.0. The highest BCUT2D eigenvalue weighted by Crippen LogP contribution is 2.43. The van der Waals surface area contributed by atoms with Gasteiger partial charge in [-0.1, -0.05) is 258 Å². The number of carbonyl (C=O) groups excluding carboxylic acids is 2. The molecular formula is C68H119NO8P+. The molecule has 0 amide bonds. The Bertz CT molecular complexity index is 1680. The highest BCUT2D eigenvalue weighted by molar-refractivity contribution is 7.47. The third-order valence-corrected chi connectivity index (χ3v) is 14.3. The van der Waals surface area contributed by atoms with Crippen molar-refractivity contribution >= 4 is 19.8 Å². The van der Waals surface area contributed by atoms with Crippen LogP contribution < -0.4 is 0 Å². The number of nitrogens with zero attached hydrogens (tertiary/aromatic N) is 1. The molecule has 0 aromatic rings. The van der Waals surface area contributed by atoms with Gasteiger partial charge in [-0.15, -0.1) is 0 Å². The maximum Gasteiger partial charge on any atom is 0.472 e. The van der Waals surface area contributed by atoms with E-state index >= 15 is 0 Å². The molecular weight excluding hydrogens is 990 g/mol. The van der Waals surface area contributed by atoms with Crippen LogP contribution in [0.15, 0.2) is 109 Å². The maximum atomic E-state index is 12.9. The first-order chi connectivity index (χ1) is 38.0. The third kappa shape index (κ3) is 61.9. The van der Waals surface area contributed by atoms with E-state index in [0.717, 1.165) is 109 Å². The van der Waals surface area contributed by atoms with E-state index in [4.69, 9.17) is 18.5 Å². The first kappa shape index (κ1) is 74.7. The molecule has 78 heavy (non-hydrogen) atoms. The average molecular weight is 1110 g/mol. The van der Waals surface area contributed by atoms with E-state index in [-0.39, 0.29) is 32.0 Å². The summed E-state index contributed by atoms with van der Waals surface area (Å²) in [4.78, 5) is 35.8. The molecule has 10 heteroatoms. The molecule has 0 aliphatic heterocycles. The van der Waals surface area contributed by atoms with Crippen LogP contribution in [-0.2, 0) is 32.7 Å². The lowest BCUT2D eigenvalue weighted by Crippen LogP contribution is -2.37. The van der Waals surface area contributed by atoms with E-state index in [1.807, 2.05) is 21.1 Å². The van der Waals surface area contributed by atoms with E-state index in [1.54, 1.807) is 0 Å². The fourth-order valence-electron chi connectivity index (χ4n) is 8.51. The van der Waals surface area contributed by atoms with Crippen molar-refractivity contribution in [1.82, 2.24) is 0 Å². The van der Waals surface area contributed by atoms with Crippen LogP contribution in [0.2, 0.25) is 0 Å². The second-order valence-electron chi connectivity index (χ2n) is 22.0. The lowest BCUT2D eigenvalue weighted by molar-refractivity contribution is -0.870. The number of allylic oxidation sites excluding steroid dienone is 18. The predicted octanol–water partition coefficient (Wildman–Crippen LogP) is 20.2. The fraction of sp³-hybridized carbons (Fsp3) is 0.706. The summed E-state index contributed by atoms with van der Waals surface area (Å²) in [5.74, 6) is -0.805. The normalized spacial score (nSPS) is 14.0. The second kappa shape index (κ2) is 58.3. The highest BCUT2D eigenvalue weighted by Gasteiger charge is 2.27. The minimum atomic E-state index is -4.40. The van der Waals surface area contributed by atoms with Crippen molar-refractivity contribution in [3.05, 3.63) is 109 Å². The molecule has 0 heterocycles. The molecule has 0 aromatic heterocycles. The monoisotopic (exact) mass is 1110 g/mol. The Morgan fingerprint density at radius 1 is 0.397 bits per heavy atom. The Balaban J connectivity index is 4.09. The zero-order chi connectivity index (χ0) is 57.0. The maximum absolute atomic E-state index is 12.9. The zero-order valence-electron chi connectivity index (χ0n) is 50.9. The largest absolute Gasteiger partial charge is 0.472 e. The van der Waals surface area contributed by atoms with Gasteiger partial charge in [0, 0.05) is 12.8 Å². The SMILES string of the molecule is CC/C=C\C/C=C\C/C=C\C/C=C\C/C=C\CCCCCCCCCCCCCCCCCCCC(=O)OC(COC(=O)CCCCCCCCCC/C=C\C/C=C\C/C=C\C/C=C\CC)COP(=O)(O)OCC[N+](C)(C)C. The number of unbranched alkanes of at least 4 members (excludes halogenated alkanes) is 25. The molecule has 0 aliphatic carbocycles. The van der Waals surface area contributed by atoms with Crippen molar-refractivity contribution in [3.8, 4) is 0 Å². The summed E-state index contributed by atoms with van der Waals surface area (Å²) in [6.45, 7) is 4.21. The molecule has 0 saturated heterocycles. The van der Waals surface area contributed by atoms with E-state index in [2.05, 4.69) is 123 Å². The quantitative estimate of drug-likeness (QED) is 0.0211. The molecule has 448 valence electrons. The summed E-state index contributed by atoms with van der Waals surface area (Å²) in [6, 6.07) is 0. The molecule has 0 spiro atoms. The van der Waals surface area contributed by atoms with Crippen LogP contribution in [0.25, 0.3) is 0 Å². The smallest absolute Gasteiger partial charge is 0.462 e. The van der Waals surface area contributed by atoms with Gasteiger partial charge in [0.25, 0.3) is 0 Å². The number of esters is 2. The number of hydrogen-bond acceptors (Lipinski definition) is 7. The number of phosphoric ester groups is 1. The van der Waals surface area contributed by atoms with Gasteiger partial charge in [-0.2, -0.15) is 0 Å². The Morgan fingerprint density at radius 3 is 1.03 bits per heavy atom. The second-order valence-corrected chi connectivity index (χ2v) is 23.5. The minimum absolute atomic E-state index is 0.0265. The van der Waals surface area contributed by atoms with Crippen molar-refractivity contribution < 1.29 is 42.1 Å². The van der Waals surface area contributed by atoms with E-state index in [0.29, 0.717) is 17.4 Å². The molecule has 0 fully saturated rings. The van der Waals surface area contributed by atoms with Crippen LogP contribution in [0.4, 0.5) is 0 Å². The summed E-state index contributed by atoms with van der Waals surface area (Å²) >= 11 is 0. The topological polar surface area (TPSA) is 108 Å². The van der Waals surface area contributed by atoms with Crippen LogP contribution in [0.3, 0.4) is 0 Å². The summed E-state index contributed by atoms with van der Waals surface area (Å²) in [6.07, 6.45) is 81.7. The van der Waals surface area contributed by atoms with E-state index in [9.17, 15) is 19.0 Å². The van der Waals surface area contributed by atoms with Crippen molar-refractivity contribution in [1.29, 1.82) is 0 Å². The number of likely N-dealkylation sites (N-methyl/N-ethyl adjacent to an activating group) is 1. The van der Waals surface area contributed by atoms with Crippen LogP contribution in [0.5, 0.6) is 0 Å². The molecule has 2 unspecified atom stereocenters. The summed E-state index contributed by atoms with van der Waals surface area (Å²) in [5, 5.41) is 0. The molecule has 2 atom stereocenters. The van der Waals surface area contributed by atoms with Gasteiger partial charge in [-0.05, 0) is 96.3 Å². The standard InChI is InChI=1S/C68H118NO8P/c1-6-8-10-12-14-16-18-20-22-24-26-28-29-30-31-32-33-34-35-36-37-38-39-41-43-45-47-49-51-53-55-57-59-61-68(71)77-66(65-76-78(72,73)75-63-62-69(3,4)5)64-74-67(70)60-58-56-54-52-50-48-46-44-42-40-27-25-23-21-19-17-15-13-11-9-7-2/h8-11,14-17,20-23,26-28,30-31,40,66H,6-7,12-13,18-19,24-25,29,32-39,41-65H2,1-5H3/p+1/b10-8-,11-9-,16-14-,17-15-,22-20-,23-21-,28-26-,31-30-,40-27-. The van der Waals surface area contributed by atoms with Gasteiger partial charge < -0.3 is 18.9 Å². The Hall–Kier alpha value is -3.33. The van der Waals surface area contributed by atoms with Gasteiger partial charge in [0.05, 0.1) is 27.7 Å². The number of carbonyl (C=O) groups is 2. The number of ether oxygens (including phenoxy) is 2. The van der Waals surface area contributed by atoms with Crippen LogP contribution >= 0.6 is 7.82 Å². The summed E-state index contributed by atoms with van der Waals surface area (Å²) in [7, 11) is 1.47. The molecule has 1 N–H and O–H groups in total. The zero-order valence-corrected chi connectivity index (χ0v) is 51.8. The summed E-state index contributed by atoms with van der Waals surface area (Å²) in [5.41, 5.74) is 0. The first-order valence-corrected chi connectivity index (χ1v) is 33.1. The van der Waals surface area contributed by atoms with Crippen LogP contribution in [-0.4, -0.2) is 74.9 Å². The number of hydrogen-bond donors (Lipinski definition) is 1. The van der Waals surface area contributed by atoms with Crippen LogP contribution in [0, 0.1) is 0 Å². The predicted molar refractivity (Wildman–Crippen MR) is 335 cm³/mol. The molecule has 0 bridgehead atoms. The minimum Gasteiger partial charge on any atom is -0.462 e. The van der Waals surface area contributed by atoms with Crippen molar-refractivity contribution in [2.75, 3.05) is 47.5 Å². The third-order valence-electron chi connectivity index (χ3n) is 13.3. The highest BCUT2D eigenvalue weighted by atomic mass is 31.2. The first-order valence-electron chi connectivity index (χ1n) is 31.6. The van der Waals surface area contributed by atoms with Gasteiger partial charge in [0.15, 0.2) is 6.10 Å². The Kier molecular flexibility index (Phi) is 55.8. The molecule has 0 saturated carbocycles. The van der Waals surface area contributed by atoms with Crippen LogP contribution in [0.1, 0.15) is 258 Å². The molecule has 0 radical (unpaired) electrons. The number of quaternary nitrogens is 1. The molecule has 9 nitrogen and oxygen atoms in total. The van der Waals surface area contributed by atoms with Crippen molar-refractivity contribution in [3.63, 3.8) is 0 Å². The van der Waals surface area contributed by atoms with Gasteiger partial charge in [-0.25, -0.2) is 4.57 Å². The molecule has 0 aromatic carbocycles.